The first-order chi connectivity index (χ1) is 7.86. The lowest BCUT2D eigenvalue weighted by Crippen LogP contribution is -2.26. The summed E-state index contributed by atoms with van der Waals surface area (Å²) in [6, 6.07) is 2.67. The van der Waals surface area contributed by atoms with E-state index in [4.69, 9.17) is 0 Å². The fourth-order valence-corrected chi connectivity index (χ4v) is 2.92. The lowest BCUT2D eigenvalue weighted by Gasteiger charge is -2.23. The van der Waals surface area contributed by atoms with Crippen LogP contribution in [-0.4, -0.2) is 16.8 Å². The maximum atomic E-state index is 4.42. The van der Waals surface area contributed by atoms with Gasteiger partial charge >= 0.3 is 0 Å². The summed E-state index contributed by atoms with van der Waals surface area (Å²) in [7, 11) is 2.08. The molecule has 1 aliphatic carbocycles. The Morgan fingerprint density at radius 2 is 2.25 bits per heavy atom. The van der Waals surface area contributed by atoms with Gasteiger partial charge in [-0.05, 0) is 38.3 Å². The van der Waals surface area contributed by atoms with Gasteiger partial charge in [-0.15, -0.1) is 0 Å². The Morgan fingerprint density at radius 1 is 1.50 bits per heavy atom. The van der Waals surface area contributed by atoms with Crippen molar-refractivity contribution in [2.75, 3.05) is 7.05 Å². The molecule has 0 aliphatic heterocycles. The van der Waals surface area contributed by atoms with Crippen LogP contribution in [0.4, 0.5) is 0 Å². The third-order valence-corrected chi connectivity index (χ3v) is 3.69. The van der Waals surface area contributed by atoms with E-state index in [-0.39, 0.29) is 0 Å². The van der Waals surface area contributed by atoms with Gasteiger partial charge in [0.25, 0.3) is 0 Å². The summed E-state index contributed by atoms with van der Waals surface area (Å²) < 4.78 is 2.17. The van der Waals surface area contributed by atoms with Crippen LogP contribution in [0.3, 0.4) is 0 Å². The largest absolute Gasteiger partial charge is 0.311 e. The van der Waals surface area contributed by atoms with Crippen molar-refractivity contribution in [3.63, 3.8) is 0 Å². The minimum Gasteiger partial charge on any atom is -0.311 e. The molecule has 1 fully saturated rings. The Labute approximate surface area is 98.2 Å². The second kappa shape index (κ2) is 5.48. The van der Waals surface area contributed by atoms with Gasteiger partial charge in [-0.3, -0.25) is 4.68 Å². The van der Waals surface area contributed by atoms with Gasteiger partial charge in [0.15, 0.2) is 0 Å². The molecule has 1 heterocycles. The second-order valence-corrected chi connectivity index (χ2v) is 4.79. The smallest absolute Gasteiger partial charge is 0.0556 e. The predicted octanol–water partition coefficient (Wildman–Crippen LogP) is 2.74. The molecule has 3 heteroatoms. The van der Waals surface area contributed by atoms with Crippen LogP contribution < -0.4 is 5.32 Å². The first kappa shape index (κ1) is 11.6. The van der Waals surface area contributed by atoms with Crippen LogP contribution in [0.5, 0.6) is 0 Å². The minimum atomic E-state index is 0.497. The first-order valence-corrected chi connectivity index (χ1v) is 6.55. The molecule has 1 saturated carbocycles. The summed E-state index contributed by atoms with van der Waals surface area (Å²) in [5, 5.41) is 7.91. The average molecular weight is 221 g/mol. The van der Waals surface area contributed by atoms with E-state index in [9.17, 15) is 0 Å². The van der Waals surface area contributed by atoms with Crippen molar-refractivity contribution < 1.29 is 0 Å². The van der Waals surface area contributed by atoms with E-state index >= 15 is 0 Å². The zero-order valence-electron chi connectivity index (χ0n) is 10.4. The van der Waals surface area contributed by atoms with Crippen LogP contribution in [0, 0.1) is 5.92 Å². The number of hydrogen-bond acceptors (Lipinski definition) is 2. The monoisotopic (exact) mass is 221 g/mol. The molecule has 0 aromatic carbocycles. The first-order valence-electron chi connectivity index (χ1n) is 6.55. The third-order valence-electron chi connectivity index (χ3n) is 3.69. The van der Waals surface area contributed by atoms with E-state index in [2.05, 4.69) is 35.1 Å². The molecular formula is C13H23N3. The molecule has 0 spiro atoms. The number of hydrogen-bond donors (Lipinski definition) is 1. The lowest BCUT2D eigenvalue weighted by atomic mass is 9.95. The van der Waals surface area contributed by atoms with Crippen LogP contribution in [0.2, 0.25) is 0 Å². The lowest BCUT2D eigenvalue weighted by molar-refractivity contribution is 0.363. The Morgan fingerprint density at radius 3 is 2.88 bits per heavy atom. The fourth-order valence-electron chi connectivity index (χ4n) is 2.92. The molecule has 3 nitrogen and oxygen atoms in total. The minimum absolute atomic E-state index is 0.497. The van der Waals surface area contributed by atoms with Crippen LogP contribution in [0.15, 0.2) is 12.3 Å². The van der Waals surface area contributed by atoms with Crippen LogP contribution in [0.1, 0.15) is 50.8 Å². The van der Waals surface area contributed by atoms with Crippen molar-refractivity contribution in [1.82, 2.24) is 15.1 Å². The van der Waals surface area contributed by atoms with Gasteiger partial charge < -0.3 is 5.32 Å². The number of rotatable bonds is 5. The number of aromatic nitrogens is 2. The highest BCUT2D eigenvalue weighted by Gasteiger charge is 2.27. The van der Waals surface area contributed by atoms with E-state index in [1.165, 1.54) is 31.4 Å². The van der Waals surface area contributed by atoms with Crippen molar-refractivity contribution in [2.45, 2.75) is 51.6 Å². The zero-order valence-corrected chi connectivity index (χ0v) is 10.4. The molecular weight excluding hydrogens is 198 g/mol. The number of nitrogens with one attached hydrogen (secondary N) is 1. The highest BCUT2D eigenvalue weighted by Crippen LogP contribution is 2.35. The Kier molecular flexibility index (Phi) is 3.99. The molecule has 1 aliphatic rings. The van der Waals surface area contributed by atoms with Gasteiger partial charge in [-0.2, -0.15) is 5.10 Å². The standard InChI is InChI=1S/C13H23N3/c1-3-10-16-12(8-9-15-16)13(14-2)11-6-4-5-7-11/h8-9,11,13-14H,3-7,10H2,1-2H3. The van der Waals surface area contributed by atoms with Crippen LogP contribution in [-0.2, 0) is 6.54 Å². The van der Waals surface area contributed by atoms with Crippen molar-refractivity contribution in [3.05, 3.63) is 18.0 Å². The van der Waals surface area contributed by atoms with Crippen molar-refractivity contribution >= 4 is 0 Å². The molecule has 0 amide bonds. The van der Waals surface area contributed by atoms with Gasteiger partial charge in [-0.1, -0.05) is 19.8 Å². The van der Waals surface area contributed by atoms with Crippen LogP contribution >= 0.6 is 0 Å². The molecule has 1 unspecified atom stereocenters. The van der Waals surface area contributed by atoms with Gasteiger partial charge in [0.05, 0.1) is 11.7 Å². The maximum Gasteiger partial charge on any atom is 0.0556 e. The molecule has 0 radical (unpaired) electrons. The SMILES string of the molecule is CCCn1nccc1C(NC)C1CCCC1. The van der Waals surface area contributed by atoms with Gasteiger partial charge in [-0.25, -0.2) is 0 Å². The van der Waals surface area contributed by atoms with Crippen molar-refractivity contribution in [2.24, 2.45) is 5.92 Å². The highest BCUT2D eigenvalue weighted by molar-refractivity contribution is 5.09. The van der Waals surface area contributed by atoms with Gasteiger partial charge in [0.1, 0.15) is 0 Å². The second-order valence-electron chi connectivity index (χ2n) is 4.79. The summed E-state index contributed by atoms with van der Waals surface area (Å²) >= 11 is 0. The maximum absolute atomic E-state index is 4.42. The average Bonchev–Trinajstić information content (AvgIpc) is 2.92. The Hall–Kier alpha value is -0.830. The van der Waals surface area contributed by atoms with Crippen molar-refractivity contribution in [1.29, 1.82) is 0 Å². The van der Waals surface area contributed by atoms with E-state index in [1.54, 1.807) is 0 Å². The normalized spacial score (nSPS) is 19.1. The number of nitrogens with zero attached hydrogens (tertiary/aromatic N) is 2. The summed E-state index contributed by atoms with van der Waals surface area (Å²) in [6.07, 6.45) is 8.60. The number of aryl methyl sites for hydroxylation is 1. The molecule has 1 atom stereocenters. The van der Waals surface area contributed by atoms with Crippen LogP contribution in [0.25, 0.3) is 0 Å². The molecule has 2 rings (SSSR count). The van der Waals surface area contributed by atoms with Gasteiger partial charge in [0.2, 0.25) is 0 Å². The molecule has 1 aromatic rings. The van der Waals surface area contributed by atoms with E-state index in [1.807, 2.05) is 6.20 Å². The van der Waals surface area contributed by atoms with E-state index in [0.717, 1.165) is 18.9 Å². The topological polar surface area (TPSA) is 29.9 Å². The fraction of sp³-hybridized carbons (Fsp3) is 0.769. The Balaban J connectivity index is 2.15. The molecule has 0 bridgehead atoms. The third kappa shape index (κ3) is 2.29. The summed E-state index contributed by atoms with van der Waals surface area (Å²) in [5.74, 6) is 0.803. The van der Waals surface area contributed by atoms with Gasteiger partial charge in [0, 0.05) is 12.7 Å². The molecule has 1 N–H and O–H groups in total. The molecule has 90 valence electrons. The quantitative estimate of drug-likeness (QED) is 0.828. The summed E-state index contributed by atoms with van der Waals surface area (Å²) in [6.45, 7) is 3.24. The zero-order chi connectivity index (χ0) is 11.4. The molecule has 16 heavy (non-hydrogen) atoms. The highest BCUT2D eigenvalue weighted by atomic mass is 15.3. The Bertz CT molecular complexity index is 313. The predicted molar refractivity (Wildman–Crippen MR) is 66.3 cm³/mol. The van der Waals surface area contributed by atoms with E-state index in [0.29, 0.717) is 6.04 Å². The van der Waals surface area contributed by atoms with E-state index < -0.39 is 0 Å². The molecule has 1 aromatic heterocycles. The molecule has 0 saturated heterocycles. The van der Waals surface area contributed by atoms with Crippen molar-refractivity contribution in [3.8, 4) is 0 Å². The summed E-state index contributed by atoms with van der Waals surface area (Å²) in [5.41, 5.74) is 1.37. The summed E-state index contributed by atoms with van der Waals surface area (Å²) in [4.78, 5) is 0.